The predicted molar refractivity (Wildman–Crippen MR) is 115 cm³/mol. The smallest absolute Gasteiger partial charge is 0.419 e. The molecule has 4 rings (SSSR count). The Morgan fingerprint density at radius 3 is 2.36 bits per heavy atom. The molecule has 28 heavy (non-hydrogen) atoms. The molecule has 0 atom stereocenters. The highest BCUT2D eigenvalue weighted by Crippen LogP contribution is 2.24. The molecule has 4 heteroatoms. The molecule has 0 aliphatic rings. The molecule has 138 valence electrons. The Balaban J connectivity index is 1.58. The Kier molecular flexibility index (Phi) is 5.59. The van der Waals surface area contributed by atoms with Crippen LogP contribution in [0, 0.1) is 0 Å². The standard InChI is InChI=1S/C24H19NO2S/c26-24(27-18-19-9-3-1-4-10-19)25-21(17-20-11-7-8-14-23(20)25)15-16-28-22-12-5-2-6-13-22/h1-17H,18H2/b16-15+. The first-order chi connectivity index (χ1) is 13.8. The first-order valence-corrected chi connectivity index (χ1v) is 9.89. The average Bonchev–Trinajstić information content (AvgIpc) is 3.12. The van der Waals surface area contributed by atoms with Crippen LogP contribution >= 0.6 is 11.8 Å². The number of benzene rings is 3. The summed E-state index contributed by atoms with van der Waals surface area (Å²) < 4.78 is 7.19. The molecule has 0 bridgehead atoms. The summed E-state index contributed by atoms with van der Waals surface area (Å²) in [4.78, 5) is 14.0. The summed E-state index contributed by atoms with van der Waals surface area (Å²) in [5.41, 5.74) is 2.59. The van der Waals surface area contributed by atoms with Gasteiger partial charge in [0, 0.05) is 10.3 Å². The van der Waals surface area contributed by atoms with Crippen LogP contribution in [0.25, 0.3) is 17.0 Å². The first kappa shape index (κ1) is 18.1. The molecule has 4 aromatic rings. The molecule has 0 spiro atoms. The lowest BCUT2D eigenvalue weighted by atomic mass is 10.2. The highest BCUT2D eigenvalue weighted by molar-refractivity contribution is 8.02. The molecule has 0 aliphatic carbocycles. The number of carbonyl (C=O) groups is 1. The number of para-hydroxylation sites is 1. The van der Waals surface area contributed by atoms with Crippen molar-refractivity contribution in [3.05, 3.63) is 108 Å². The van der Waals surface area contributed by atoms with Gasteiger partial charge in [0.1, 0.15) is 6.61 Å². The van der Waals surface area contributed by atoms with Crippen LogP contribution in [0.2, 0.25) is 0 Å². The van der Waals surface area contributed by atoms with Crippen LogP contribution in [0.5, 0.6) is 0 Å². The Labute approximate surface area is 168 Å². The second-order valence-corrected chi connectivity index (χ2v) is 7.22. The van der Waals surface area contributed by atoms with Gasteiger partial charge in [-0.05, 0) is 41.3 Å². The molecule has 0 radical (unpaired) electrons. The van der Waals surface area contributed by atoms with Gasteiger partial charge in [-0.1, -0.05) is 78.5 Å². The third-order valence-electron chi connectivity index (χ3n) is 4.31. The predicted octanol–water partition coefficient (Wildman–Crippen LogP) is 6.59. The van der Waals surface area contributed by atoms with Gasteiger partial charge in [0.25, 0.3) is 0 Å². The summed E-state index contributed by atoms with van der Waals surface area (Å²) >= 11 is 1.61. The lowest BCUT2D eigenvalue weighted by Gasteiger charge is -2.09. The fourth-order valence-corrected chi connectivity index (χ4v) is 3.65. The van der Waals surface area contributed by atoms with Gasteiger partial charge in [-0.3, -0.25) is 0 Å². The summed E-state index contributed by atoms with van der Waals surface area (Å²) in [5, 5.41) is 2.99. The minimum atomic E-state index is -0.380. The van der Waals surface area contributed by atoms with Gasteiger partial charge >= 0.3 is 6.09 Å². The van der Waals surface area contributed by atoms with Crippen molar-refractivity contribution in [1.82, 2.24) is 4.57 Å². The zero-order chi connectivity index (χ0) is 19.2. The highest BCUT2D eigenvalue weighted by Gasteiger charge is 2.14. The van der Waals surface area contributed by atoms with Gasteiger partial charge < -0.3 is 4.74 Å². The Morgan fingerprint density at radius 2 is 1.57 bits per heavy atom. The average molecular weight is 385 g/mol. The molecule has 0 unspecified atom stereocenters. The van der Waals surface area contributed by atoms with Crippen molar-refractivity contribution in [3.63, 3.8) is 0 Å². The number of aromatic nitrogens is 1. The molecule has 0 fully saturated rings. The third kappa shape index (κ3) is 4.18. The minimum absolute atomic E-state index is 0.244. The molecule has 0 N–H and O–H groups in total. The second kappa shape index (κ2) is 8.63. The fourth-order valence-electron chi connectivity index (χ4n) is 2.97. The number of hydrogen-bond acceptors (Lipinski definition) is 3. The lowest BCUT2D eigenvalue weighted by Crippen LogP contribution is -2.14. The van der Waals surface area contributed by atoms with E-state index < -0.39 is 0 Å². The Morgan fingerprint density at radius 1 is 0.893 bits per heavy atom. The number of nitrogens with zero attached hydrogens (tertiary/aromatic N) is 1. The van der Waals surface area contributed by atoms with Gasteiger partial charge in [0.05, 0.1) is 11.2 Å². The summed E-state index contributed by atoms with van der Waals surface area (Å²) in [6.45, 7) is 0.244. The van der Waals surface area contributed by atoms with Crippen LogP contribution in [-0.4, -0.2) is 10.7 Å². The second-order valence-electron chi connectivity index (χ2n) is 6.24. The van der Waals surface area contributed by atoms with Crippen LogP contribution < -0.4 is 0 Å². The number of fused-ring (bicyclic) bond motifs is 1. The molecule has 3 nitrogen and oxygen atoms in total. The normalized spacial score (nSPS) is 11.1. The minimum Gasteiger partial charge on any atom is -0.444 e. The molecule has 1 aromatic heterocycles. The van der Waals surface area contributed by atoms with E-state index in [1.807, 2.05) is 90.3 Å². The monoisotopic (exact) mass is 385 g/mol. The van der Waals surface area contributed by atoms with E-state index in [2.05, 4.69) is 12.1 Å². The highest BCUT2D eigenvalue weighted by atomic mass is 32.2. The van der Waals surface area contributed by atoms with Crippen molar-refractivity contribution >= 4 is 34.8 Å². The Bertz CT molecular complexity index is 1100. The quantitative estimate of drug-likeness (QED) is 0.363. The van der Waals surface area contributed by atoms with Gasteiger partial charge in [-0.2, -0.15) is 0 Å². The van der Waals surface area contributed by atoms with E-state index in [-0.39, 0.29) is 12.7 Å². The third-order valence-corrected chi connectivity index (χ3v) is 5.13. The zero-order valence-electron chi connectivity index (χ0n) is 15.2. The Hall–Kier alpha value is -3.24. The van der Waals surface area contributed by atoms with E-state index in [9.17, 15) is 4.79 Å². The number of hydrogen-bond donors (Lipinski definition) is 0. The molecule has 3 aromatic carbocycles. The topological polar surface area (TPSA) is 31.2 Å². The molecule has 0 aliphatic heterocycles. The number of thioether (sulfide) groups is 1. The lowest BCUT2D eigenvalue weighted by molar-refractivity contribution is 0.142. The molecule has 1 heterocycles. The summed E-state index contributed by atoms with van der Waals surface area (Å²) in [6.07, 6.45) is 1.57. The maximum absolute atomic E-state index is 12.8. The molecular formula is C24H19NO2S. The van der Waals surface area contributed by atoms with E-state index >= 15 is 0 Å². The van der Waals surface area contributed by atoms with Crippen LogP contribution in [0.15, 0.2) is 101 Å². The summed E-state index contributed by atoms with van der Waals surface area (Å²) in [6, 6.07) is 29.6. The molecular weight excluding hydrogens is 366 g/mol. The first-order valence-electron chi connectivity index (χ1n) is 9.01. The summed E-state index contributed by atoms with van der Waals surface area (Å²) in [7, 11) is 0. The van der Waals surface area contributed by atoms with Gasteiger partial charge in [-0.15, -0.1) is 0 Å². The van der Waals surface area contributed by atoms with E-state index in [0.29, 0.717) is 0 Å². The number of rotatable bonds is 5. The van der Waals surface area contributed by atoms with E-state index in [4.69, 9.17) is 4.74 Å². The van der Waals surface area contributed by atoms with Crippen molar-refractivity contribution in [2.24, 2.45) is 0 Å². The SMILES string of the molecule is O=C(OCc1ccccc1)n1c(/C=C/Sc2ccccc2)cc2ccccc21. The van der Waals surface area contributed by atoms with Crippen molar-refractivity contribution in [3.8, 4) is 0 Å². The molecule has 0 saturated carbocycles. The maximum atomic E-state index is 12.8. The van der Waals surface area contributed by atoms with Crippen LogP contribution in [-0.2, 0) is 11.3 Å². The fraction of sp³-hybridized carbons (Fsp3) is 0.0417. The maximum Gasteiger partial charge on any atom is 0.419 e. The zero-order valence-corrected chi connectivity index (χ0v) is 16.0. The number of carbonyl (C=O) groups excluding carboxylic acids is 1. The van der Waals surface area contributed by atoms with E-state index in [1.165, 1.54) is 0 Å². The van der Waals surface area contributed by atoms with Gasteiger partial charge in [0.2, 0.25) is 0 Å². The van der Waals surface area contributed by atoms with Crippen molar-refractivity contribution < 1.29 is 9.53 Å². The molecule has 0 amide bonds. The van der Waals surface area contributed by atoms with Crippen molar-refractivity contribution in [1.29, 1.82) is 0 Å². The molecule has 0 saturated heterocycles. The van der Waals surface area contributed by atoms with Crippen LogP contribution in [0.3, 0.4) is 0 Å². The largest absolute Gasteiger partial charge is 0.444 e. The van der Waals surface area contributed by atoms with Crippen LogP contribution in [0.4, 0.5) is 4.79 Å². The van der Waals surface area contributed by atoms with Crippen LogP contribution in [0.1, 0.15) is 11.3 Å². The van der Waals surface area contributed by atoms with E-state index in [0.717, 1.165) is 27.1 Å². The van der Waals surface area contributed by atoms with E-state index in [1.54, 1.807) is 16.3 Å². The van der Waals surface area contributed by atoms with Crippen molar-refractivity contribution in [2.45, 2.75) is 11.5 Å². The van der Waals surface area contributed by atoms with Gasteiger partial charge in [0.15, 0.2) is 0 Å². The summed E-state index contributed by atoms with van der Waals surface area (Å²) in [5.74, 6) is 0. The van der Waals surface area contributed by atoms with Crippen molar-refractivity contribution in [2.75, 3.05) is 0 Å². The van der Waals surface area contributed by atoms with Gasteiger partial charge in [-0.25, -0.2) is 9.36 Å². The number of ether oxygens (including phenoxy) is 1.